The van der Waals surface area contributed by atoms with E-state index in [0.717, 1.165) is 24.0 Å². The highest BCUT2D eigenvalue weighted by Crippen LogP contribution is 2.32. The van der Waals surface area contributed by atoms with Crippen LogP contribution in [-0.4, -0.2) is 49.0 Å². The molecule has 0 aliphatic rings. The molecule has 0 aromatic heterocycles. The minimum atomic E-state index is -0.764. The quantitative estimate of drug-likeness (QED) is 0.0858. The molecule has 0 aliphatic carbocycles. The van der Waals surface area contributed by atoms with Gasteiger partial charge >= 0.3 is 11.9 Å². The fraction of sp³-hybridized carbons (Fsp3) is 0.455. The molecule has 8 heteroatoms. The molecule has 0 radical (unpaired) electrons. The number of rotatable bonds is 20. The first-order valence-electron chi connectivity index (χ1n) is 14.3. The lowest BCUT2D eigenvalue weighted by molar-refractivity contribution is -0.146. The Morgan fingerprint density at radius 2 is 1.22 bits per heavy atom. The SMILES string of the molecule is C=C(CO)C(=O)OCOc1cc(OCOC(=O)C(=C)CO)cc(-c2ccc(CCCCCCCCC)c(CC)c2)c1. The topological polar surface area (TPSA) is 112 Å². The minimum Gasteiger partial charge on any atom is -0.457 e. The predicted octanol–water partition coefficient (Wildman–Crippen LogP) is 6.07. The van der Waals surface area contributed by atoms with Crippen LogP contribution in [0, 0.1) is 0 Å². The Morgan fingerprint density at radius 3 is 1.73 bits per heavy atom. The van der Waals surface area contributed by atoms with Crippen molar-refractivity contribution in [1.82, 2.24) is 0 Å². The van der Waals surface area contributed by atoms with Crippen molar-refractivity contribution in [1.29, 1.82) is 0 Å². The Kier molecular flexibility index (Phi) is 15.3. The molecular formula is C33H44O8. The van der Waals surface area contributed by atoms with E-state index in [0.29, 0.717) is 11.5 Å². The number of aliphatic hydroxyl groups excluding tert-OH is 2. The first kappa shape index (κ1) is 33.6. The van der Waals surface area contributed by atoms with Crippen LogP contribution in [0.3, 0.4) is 0 Å². The molecule has 41 heavy (non-hydrogen) atoms. The van der Waals surface area contributed by atoms with Crippen LogP contribution in [-0.2, 0) is 31.9 Å². The number of aryl methyl sites for hydroxylation is 2. The molecule has 2 rings (SSSR count). The van der Waals surface area contributed by atoms with Gasteiger partial charge < -0.3 is 29.2 Å². The molecule has 0 bridgehead atoms. The Bertz CT molecular complexity index is 1100. The number of carbonyl (C=O) groups excluding carboxylic acids is 2. The van der Waals surface area contributed by atoms with Crippen LogP contribution >= 0.6 is 0 Å². The van der Waals surface area contributed by atoms with E-state index in [2.05, 4.69) is 45.2 Å². The van der Waals surface area contributed by atoms with Gasteiger partial charge in [-0.25, -0.2) is 9.59 Å². The summed E-state index contributed by atoms with van der Waals surface area (Å²) in [6, 6.07) is 11.6. The average molecular weight is 569 g/mol. The summed E-state index contributed by atoms with van der Waals surface area (Å²) in [7, 11) is 0. The Balaban J connectivity index is 2.17. The maximum Gasteiger partial charge on any atom is 0.338 e. The molecule has 2 N–H and O–H groups in total. The number of hydrogen-bond acceptors (Lipinski definition) is 8. The molecule has 0 aliphatic heterocycles. The molecule has 8 nitrogen and oxygen atoms in total. The van der Waals surface area contributed by atoms with Crippen molar-refractivity contribution in [3.8, 4) is 22.6 Å². The van der Waals surface area contributed by atoms with Gasteiger partial charge in [0.25, 0.3) is 0 Å². The second kappa shape index (κ2) is 18.7. The second-order valence-electron chi connectivity index (χ2n) is 9.81. The fourth-order valence-corrected chi connectivity index (χ4v) is 4.19. The molecule has 0 fully saturated rings. The number of aliphatic hydroxyl groups is 2. The number of benzene rings is 2. The van der Waals surface area contributed by atoms with Crippen LogP contribution in [0.5, 0.6) is 11.5 Å². The van der Waals surface area contributed by atoms with Crippen molar-refractivity contribution in [3.63, 3.8) is 0 Å². The standard InChI is InChI=1S/C33H44O8/c1-5-7-8-9-10-11-12-13-27-14-15-28(16-26(27)6-2)29-17-30(38-22-40-32(36)24(3)20-34)19-31(18-29)39-23-41-33(37)25(4)21-35/h14-19,34-35H,3-13,20-23H2,1-2H3. The summed E-state index contributed by atoms with van der Waals surface area (Å²) in [4.78, 5) is 23.6. The van der Waals surface area contributed by atoms with E-state index in [1.54, 1.807) is 18.2 Å². The lowest BCUT2D eigenvalue weighted by Crippen LogP contribution is -2.14. The van der Waals surface area contributed by atoms with E-state index in [1.165, 1.54) is 56.1 Å². The summed E-state index contributed by atoms with van der Waals surface area (Å²) >= 11 is 0. The maximum absolute atomic E-state index is 11.8. The molecule has 2 aromatic carbocycles. The van der Waals surface area contributed by atoms with Crippen molar-refractivity contribution in [3.05, 3.63) is 71.8 Å². The van der Waals surface area contributed by atoms with Crippen molar-refractivity contribution in [2.24, 2.45) is 0 Å². The highest BCUT2D eigenvalue weighted by Gasteiger charge is 2.12. The molecule has 0 unspecified atom stereocenters. The number of ether oxygens (including phenoxy) is 4. The van der Waals surface area contributed by atoms with Gasteiger partial charge in [-0.2, -0.15) is 0 Å². The van der Waals surface area contributed by atoms with Gasteiger partial charge in [-0.05, 0) is 53.6 Å². The molecule has 0 saturated heterocycles. The van der Waals surface area contributed by atoms with Crippen LogP contribution in [0.15, 0.2) is 60.7 Å². The van der Waals surface area contributed by atoms with E-state index in [4.69, 9.17) is 29.2 Å². The summed E-state index contributed by atoms with van der Waals surface area (Å²) in [5.41, 5.74) is 4.21. The van der Waals surface area contributed by atoms with E-state index < -0.39 is 38.7 Å². The van der Waals surface area contributed by atoms with Gasteiger partial charge in [-0.1, -0.05) is 83.7 Å². The number of hydrogen-bond donors (Lipinski definition) is 2. The van der Waals surface area contributed by atoms with Gasteiger partial charge in [-0.15, -0.1) is 0 Å². The third kappa shape index (κ3) is 11.8. The molecule has 224 valence electrons. The summed E-state index contributed by atoms with van der Waals surface area (Å²) in [5.74, 6) is -0.812. The molecule has 0 spiro atoms. The summed E-state index contributed by atoms with van der Waals surface area (Å²) in [5, 5.41) is 18.1. The third-order valence-electron chi connectivity index (χ3n) is 6.64. The fourth-order valence-electron chi connectivity index (χ4n) is 4.19. The van der Waals surface area contributed by atoms with Gasteiger partial charge in [0.1, 0.15) is 11.5 Å². The zero-order valence-electron chi connectivity index (χ0n) is 24.4. The van der Waals surface area contributed by atoms with Gasteiger partial charge in [-0.3, -0.25) is 0 Å². The van der Waals surface area contributed by atoms with Crippen molar-refractivity contribution >= 4 is 11.9 Å². The molecule has 2 aromatic rings. The van der Waals surface area contributed by atoms with Gasteiger partial charge in [0.15, 0.2) is 0 Å². The van der Waals surface area contributed by atoms with Crippen LogP contribution in [0.2, 0.25) is 0 Å². The number of esters is 2. The predicted molar refractivity (Wildman–Crippen MR) is 159 cm³/mol. The zero-order chi connectivity index (χ0) is 30.0. The second-order valence-corrected chi connectivity index (χ2v) is 9.81. The van der Waals surface area contributed by atoms with Crippen LogP contribution < -0.4 is 9.47 Å². The first-order chi connectivity index (χ1) is 19.8. The minimum absolute atomic E-state index is 0.0821. The zero-order valence-corrected chi connectivity index (χ0v) is 24.4. The molecule has 0 atom stereocenters. The number of unbranched alkanes of at least 4 members (excludes halogenated alkanes) is 6. The van der Waals surface area contributed by atoms with Crippen molar-refractivity contribution in [2.75, 3.05) is 26.8 Å². The third-order valence-corrected chi connectivity index (χ3v) is 6.64. The van der Waals surface area contributed by atoms with Crippen LogP contribution in [0.25, 0.3) is 11.1 Å². The van der Waals surface area contributed by atoms with Gasteiger partial charge in [0.2, 0.25) is 13.6 Å². The lowest BCUT2D eigenvalue weighted by atomic mass is 9.94. The molecule has 0 saturated carbocycles. The van der Waals surface area contributed by atoms with Crippen molar-refractivity contribution < 1.29 is 38.7 Å². The highest BCUT2D eigenvalue weighted by molar-refractivity contribution is 5.88. The Labute approximate surface area is 243 Å². The van der Waals surface area contributed by atoms with Gasteiger partial charge in [0, 0.05) is 6.07 Å². The molecule has 0 amide bonds. The Hall–Kier alpha value is -3.62. The summed E-state index contributed by atoms with van der Waals surface area (Å²) in [6.07, 6.45) is 10.8. The summed E-state index contributed by atoms with van der Waals surface area (Å²) < 4.78 is 21.3. The van der Waals surface area contributed by atoms with Crippen molar-refractivity contribution in [2.45, 2.75) is 71.6 Å². The lowest BCUT2D eigenvalue weighted by Gasteiger charge is -2.15. The normalized spacial score (nSPS) is 10.6. The smallest absolute Gasteiger partial charge is 0.338 e. The van der Waals surface area contributed by atoms with E-state index in [-0.39, 0.29) is 11.1 Å². The number of carbonyl (C=O) groups is 2. The Morgan fingerprint density at radius 1 is 0.683 bits per heavy atom. The molecule has 0 heterocycles. The van der Waals surface area contributed by atoms with Gasteiger partial charge in [0.05, 0.1) is 24.4 Å². The highest BCUT2D eigenvalue weighted by atomic mass is 16.7. The van der Waals surface area contributed by atoms with Crippen LogP contribution in [0.1, 0.15) is 69.9 Å². The average Bonchev–Trinajstić information content (AvgIpc) is 2.99. The molecular weight excluding hydrogens is 524 g/mol. The monoisotopic (exact) mass is 568 g/mol. The summed E-state index contributed by atoms with van der Waals surface area (Å²) in [6.45, 7) is 9.42. The van der Waals surface area contributed by atoms with E-state index in [9.17, 15) is 9.59 Å². The van der Waals surface area contributed by atoms with E-state index in [1.807, 2.05) is 0 Å². The first-order valence-corrected chi connectivity index (χ1v) is 14.3. The maximum atomic E-state index is 11.8. The van der Waals surface area contributed by atoms with E-state index >= 15 is 0 Å². The van der Waals surface area contributed by atoms with Crippen LogP contribution in [0.4, 0.5) is 0 Å². The largest absolute Gasteiger partial charge is 0.457 e.